The second-order valence-corrected chi connectivity index (χ2v) is 4.29. The standard InChI is InChI=1S/C16H18N2O3/c1-2-19-8-9-20-10-11-21-15-5-3-4-13-6-7-14(12-17)18-16(13)15/h3-7H,2,8-11H2,1H3. The van der Waals surface area contributed by atoms with Crippen LogP contribution in [-0.2, 0) is 9.47 Å². The van der Waals surface area contributed by atoms with Crippen LogP contribution in [0.1, 0.15) is 12.6 Å². The highest BCUT2D eigenvalue weighted by atomic mass is 16.5. The lowest BCUT2D eigenvalue weighted by atomic mass is 10.2. The van der Waals surface area contributed by atoms with E-state index in [-0.39, 0.29) is 0 Å². The van der Waals surface area contributed by atoms with E-state index < -0.39 is 0 Å². The first-order valence-corrected chi connectivity index (χ1v) is 6.93. The summed E-state index contributed by atoms with van der Waals surface area (Å²) >= 11 is 0. The summed E-state index contributed by atoms with van der Waals surface area (Å²) in [5, 5.41) is 9.87. The van der Waals surface area contributed by atoms with E-state index in [1.54, 1.807) is 6.07 Å². The van der Waals surface area contributed by atoms with Gasteiger partial charge in [0.1, 0.15) is 29.6 Å². The van der Waals surface area contributed by atoms with Crippen LogP contribution in [0.25, 0.3) is 10.9 Å². The minimum absolute atomic E-state index is 0.381. The molecule has 0 aliphatic carbocycles. The number of pyridine rings is 1. The largest absolute Gasteiger partial charge is 0.489 e. The first-order chi connectivity index (χ1) is 10.3. The molecule has 0 N–H and O–H groups in total. The third-order valence-corrected chi connectivity index (χ3v) is 2.86. The lowest BCUT2D eigenvalue weighted by Gasteiger charge is -2.09. The second-order valence-electron chi connectivity index (χ2n) is 4.29. The number of para-hydroxylation sites is 1. The predicted molar refractivity (Wildman–Crippen MR) is 79.3 cm³/mol. The van der Waals surface area contributed by atoms with Gasteiger partial charge in [0.15, 0.2) is 0 Å². The molecular weight excluding hydrogens is 268 g/mol. The Labute approximate surface area is 124 Å². The fourth-order valence-electron chi connectivity index (χ4n) is 1.87. The minimum atomic E-state index is 0.381. The lowest BCUT2D eigenvalue weighted by Crippen LogP contribution is -2.11. The number of nitrogens with zero attached hydrogens (tertiary/aromatic N) is 2. The van der Waals surface area contributed by atoms with E-state index in [4.69, 9.17) is 19.5 Å². The Balaban J connectivity index is 1.91. The van der Waals surface area contributed by atoms with E-state index in [1.165, 1.54) is 0 Å². The molecular formula is C16H18N2O3. The van der Waals surface area contributed by atoms with Gasteiger partial charge < -0.3 is 14.2 Å². The van der Waals surface area contributed by atoms with Crippen LogP contribution in [0, 0.1) is 11.3 Å². The summed E-state index contributed by atoms with van der Waals surface area (Å²) in [7, 11) is 0. The summed E-state index contributed by atoms with van der Waals surface area (Å²) in [6.45, 7) is 4.72. The zero-order chi connectivity index (χ0) is 14.9. The Morgan fingerprint density at radius 3 is 2.67 bits per heavy atom. The van der Waals surface area contributed by atoms with E-state index in [0.717, 1.165) is 5.39 Å². The third-order valence-electron chi connectivity index (χ3n) is 2.86. The Kier molecular flexibility index (Phi) is 5.95. The summed E-state index contributed by atoms with van der Waals surface area (Å²) in [6.07, 6.45) is 0. The van der Waals surface area contributed by atoms with Gasteiger partial charge in [0.2, 0.25) is 0 Å². The molecule has 0 unspecified atom stereocenters. The summed E-state index contributed by atoms with van der Waals surface area (Å²) in [4.78, 5) is 4.29. The fraction of sp³-hybridized carbons (Fsp3) is 0.375. The van der Waals surface area contributed by atoms with Crippen LogP contribution in [-0.4, -0.2) is 38.0 Å². The molecule has 5 heteroatoms. The number of hydrogen-bond acceptors (Lipinski definition) is 5. The summed E-state index contributed by atoms with van der Waals surface area (Å²) in [6, 6.07) is 11.3. The van der Waals surface area contributed by atoms with Crippen molar-refractivity contribution in [2.45, 2.75) is 6.92 Å². The maximum absolute atomic E-state index is 8.92. The average Bonchev–Trinajstić information content (AvgIpc) is 2.53. The van der Waals surface area contributed by atoms with E-state index >= 15 is 0 Å². The first-order valence-electron chi connectivity index (χ1n) is 6.93. The highest BCUT2D eigenvalue weighted by molar-refractivity contribution is 5.84. The number of benzene rings is 1. The molecule has 0 fully saturated rings. The van der Waals surface area contributed by atoms with Crippen molar-refractivity contribution in [3.63, 3.8) is 0 Å². The lowest BCUT2D eigenvalue weighted by molar-refractivity contribution is 0.0406. The number of rotatable bonds is 8. The van der Waals surface area contributed by atoms with E-state index in [9.17, 15) is 0 Å². The van der Waals surface area contributed by atoms with Crippen LogP contribution in [0.3, 0.4) is 0 Å². The van der Waals surface area contributed by atoms with Crippen LogP contribution in [0.4, 0.5) is 0 Å². The van der Waals surface area contributed by atoms with E-state index in [2.05, 4.69) is 4.98 Å². The summed E-state index contributed by atoms with van der Waals surface area (Å²) in [5.41, 5.74) is 1.08. The van der Waals surface area contributed by atoms with Gasteiger partial charge in [-0.3, -0.25) is 0 Å². The molecule has 0 radical (unpaired) electrons. The number of aromatic nitrogens is 1. The molecule has 1 aromatic carbocycles. The molecule has 0 atom stereocenters. The van der Waals surface area contributed by atoms with Gasteiger partial charge in [0, 0.05) is 12.0 Å². The van der Waals surface area contributed by atoms with Crippen LogP contribution in [0.2, 0.25) is 0 Å². The average molecular weight is 286 g/mol. The smallest absolute Gasteiger partial charge is 0.145 e. The molecule has 1 heterocycles. The van der Waals surface area contributed by atoms with Gasteiger partial charge in [-0.25, -0.2) is 4.98 Å². The molecule has 1 aromatic heterocycles. The van der Waals surface area contributed by atoms with Crippen LogP contribution in [0.5, 0.6) is 5.75 Å². The molecule has 110 valence electrons. The zero-order valence-corrected chi connectivity index (χ0v) is 12.0. The molecule has 0 aliphatic heterocycles. The molecule has 0 saturated heterocycles. The van der Waals surface area contributed by atoms with Crippen molar-refractivity contribution in [2.24, 2.45) is 0 Å². The van der Waals surface area contributed by atoms with Crippen molar-refractivity contribution in [1.29, 1.82) is 5.26 Å². The van der Waals surface area contributed by atoms with Crippen LogP contribution >= 0.6 is 0 Å². The Bertz CT molecular complexity index is 622. The fourth-order valence-corrected chi connectivity index (χ4v) is 1.87. The van der Waals surface area contributed by atoms with E-state index in [1.807, 2.05) is 37.3 Å². The van der Waals surface area contributed by atoms with Crippen molar-refractivity contribution < 1.29 is 14.2 Å². The van der Waals surface area contributed by atoms with Crippen LogP contribution in [0.15, 0.2) is 30.3 Å². The molecule has 2 rings (SSSR count). The number of hydrogen-bond donors (Lipinski definition) is 0. The number of nitriles is 1. The van der Waals surface area contributed by atoms with Gasteiger partial charge >= 0.3 is 0 Å². The van der Waals surface area contributed by atoms with Crippen molar-refractivity contribution >= 4 is 10.9 Å². The zero-order valence-electron chi connectivity index (χ0n) is 12.0. The first kappa shape index (κ1) is 15.2. The van der Waals surface area contributed by atoms with Crippen LogP contribution < -0.4 is 4.74 Å². The molecule has 5 nitrogen and oxygen atoms in total. The Morgan fingerprint density at radius 2 is 1.86 bits per heavy atom. The summed E-state index contributed by atoms with van der Waals surface area (Å²) < 4.78 is 16.3. The number of ether oxygens (including phenoxy) is 3. The molecule has 2 aromatic rings. The highest BCUT2D eigenvalue weighted by Gasteiger charge is 2.04. The Hall–Kier alpha value is -2.16. The SMILES string of the molecule is CCOCCOCCOc1cccc2ccc(C#N)nc12. The van der Waals surface area contributed by atoms with Gasteiger partial charge in [0.25, 0.3) is 0 Å². The normalized spacial score (nSPS) is 10.5. The van der Waals surface area contributed by atoms with Gasteiger partial charge in [-0.1, -0.05) is 12.1 Å². The molecule has 0 saturated carbocycles. The van der Waals surface area contributed by atoms with Gasteiger partial charge in [-0.15, -0.1) is 0 Å². The van der Waals surface area contributed by atoms with Gasteiger partial charge in [0.05, 0.1) is 19.8 Å². The predicted octanol–water partition coefficient (Wildman–Crippen LogP) is 2.54. The maximum atomic E-state index is 8.92. The molecule has 0 amide bonds. The molecule has 0 spiro atoms. The maximum Gasteiger partial charge on any atom is 0.145 e. The van der Waals surface area contributed by atoms with Crippen molar-refractivity contribution in [3.05, 3.63) is 36.0 Å². The third kappa shape index (κ3) is 4.42. The van der Waals surface area contributed by atoms with Crippen molar-refractivity contribution in [3.8, 4) is 11.8 Å². The molecule has 0 bridgehead atoms. The quantitative estimate of drug-likeness (QED) is 0.698. The minimum Gasteiger partial charge on any atom is -0.489 e. The Morgan fingerprint density at radius 1 is 1.05 bits per heavy atom. The highest BCUT2D eigenvalue weighted by Crippen LogP contribution is 2.23. The van der Waals surface area contributed by atoms with Crippen molar-refractivity contribution in [1.82, 2.24) is 4.98 Å². The second kappa shape index (κ2) is 8.20. The summed E-state index contributed by atoms with van der Waals surface area (Å²) in [5.74, 6) is 0.665. The number of fused-ring (bicyclic) bond motifs is 1. The van der Waals surface area contributed by atoms with Crippen molar-refractivity contribution in [2.75, 3.05) is 33.0 Å². The van der Waals surface area contributed by atoms with E-state index in [0.29, 0.717) is 50.0 Å². The topological polar surface area (TPSA) is 64.4 Å². The molecule has 21 heavy (non-hydrogen) atoms. The molecule has 0 aliphatic rings. The monoisotopic (exact) mass is 286 g/mol. The van der Waals surface area contributed by atoms with Gasteiger partial charge in [-0.2, -0.15) is 5.26 Å². The van der Waals surface area contributed by atoms with Gasteiger partial charge in [-0.05, 0) is 25.1 Å².